The zero-order valence-electron chi connectivity index (χ0n) is 19.2. The number of aliphatic carboxylic acids is 1. The number of amides is 1. The number of rotatable bonds is 11. The molecule has 0 saturated carbocycles. The fourth-order valence-electron chi connectivity index (χ4n) is 4.48. The largest absolute Gasteiger partial charge is 0.481 e. The van der Waals surface area contributed by atoms with Crippen LogP contribution in [0.2, 0.25) is 0 Å². The number of carboxylic acid groups (broad SMARTS) is 1. The van der Waals surface area contributed by atoms with Crippen molar-refractivity contribution in [1.82, 2.24) is 10.6 Å². The maximum atomic E-state index is 13.1. The second-order valence-corrected chi connectivity index (χ2v) is 9.95. The summed E-state index contributed by atoms with van der Waals surface area (Å²) in [4.78, 5) is 38.2. The highest BCUT2D eigenvalue weighted by Gasteiger charge is 2.37. The predicted molar refractivity (Wildman–Crippen MR) is 128 cm³/mol. The van der Waals surface area contributed by atoms with E-state index in [1.165, 1.54) is 24.6 Å². The second kappa shape index (κ2) is 13.0. The Morgan fingerprint density at radius 2 is 2.00 bits per heavy atom. The van der Waals surface area contributed by atoms with E-state index in [2.05, 4.69) is 16.0 Å². The molecule has 33 heavy (non-hydrogen) atoms. The van der Waals surface area contributed by atoms with E-state index in [1.54, 1.807) is 13.0 Å². The number of hydrogen-bond donors (Lipinski definition) is 4. The van der Waals surface area contributed by atoms with Gasteiger partial charge in [-0.1, -0.05) is 31.4 Å². The van der Waals surface area contributed by atoms with Crippen LogP contribution in [-0.4, -0.2) is 60.0 Å². The van der Waals surface area contributed by atoms with Gasteiger partial charge in [0.05, 0.1) is 18.7 Å². The highest BCUT2D eigenvalue weighted by Crippen LogP contribution is 2.36. The van der Waals surface area contributed by atoms with Gasteiger partial charge in [-0.05, 0) is 57.3 Å². The molecule has 1 saturated heterocycles. The van der Waals surface area contributed by atoms with E-state index in [1.807, 2.05) is 18.2 Å². The molecule has 1 aromatic carbocycles. The maximum Gasteiger partial charge on any atom is 0.323 e. The van der Waals surface area contributed by atoms with Gasteiger partial charge in [0.15, 0.2) is 0 Å². The van der Waals surface area contributed by atoms with Crippen molar-refractivity contribution in [1.29, 1.82) is 0 Å². The molecule has 0 aromatic heterocycles. The highest BCUT2D eigenvalue weighted by atomic mass is 32.2. The number of piperidine rings is 1. The van der Waals surface area contributed by atoms with E-state index in [-0.39, 0.29) is 18.9 Å². The number of carbonyl (C=O) groups excluding carboxylic acids is 2. The Labute approximate surface area is 199 Å². The summed E-state index contributed by atoms with van der Waals surface area (Å²) in [7, 11) is 0. The van der Waals surface area contributed by atoms with Crippen LogP contribution in [0.5, 0.6) is 0 Å². The van der Waals surface area contributed by atoms with Crippen molar-refractivity contribution in [2.75, 3.05) is 25.0 Å². The first-order valence-electron chi connectivity index (χ1n) is 11.9. The molecule has 2 heterocycles. The molecule has 3 rings (SSSR count). The number of carboxylic acids is 1. The summed E-state index contributed by atoms with van der Waals surface area (Å²) in [6, 6.07) is 5.84. The van der Waals surface area contributed by atoms with Crippen LogP contribution in [0, 0.1) is 5.92 Å². The molecule has 0 radical (unpaired) electrons. The van der Waals surface area contributed by atoms with Gasteiger partial charge in [0.2, 0.25) is 5.91 Å². The molecule has 2 aliphatic rings. The zero-order chi connectivity index (χ0) is 23.6. The van der Waals surface area contributed by atoms with Crippen LogP contribution in [-0.2, 0) is 19.1 Å². The molecule has 0 bridgehead atoms. The summed E-state index contributed by atoms with van der Waals surface area (Å²) in [6.07, 6.45) is 5.71. The number of anilines is 1. The van der Waals surface area contributed by atoms with Gasteiger partial charge in [0.1, 0.15) is 12.1 Å². The van der Waals surface area contributed by atoms with Crippen molar-refractivity contribution in [3.05, 3.63) is 24.3 Å². The Morgan fingerprint density at radius 3 is 2.73 bits per heavy atom. The highest BCUT2D eigenvalue weighted by molar-refractivity contribution is 8.00. The minimum absolute atomic E-state index is 0.199. The Kier molecular flexibility index (Phi) is 10.0. The van der Waals surface area contributed by atoms with Crippen molar-refractivity contribution in [2.45, 2.75) is 74.1 Å². The monoisotopic (exact) mass is 477 g/mol. The fourth-order valence-corrected chi connectivity index (χ4v) is 5.77. The third-order valence-corrected chi connectivity index (χ3v) is 7.57. The smallest absolute Gasteiger partial charge is 0.323 e. The van der Waals surface area contributed by atoms with Crippen molar-refractivity contribution in [3.8, 4) is 0 Å². The molecule has 1 unspecified atom stereocenters. The molecule has 1 amide bonds. The average molecular weight is 478 g/mol. The number of unbranched alkanes of at least 4 members (excludes halogenated alkanes) is 1. The van der Waals surface area contributed by atoms with Gasteiger partial charge in [-0.2, -0.15) is 0 Å². The molecular formula is C24H35N3O5S. The zero-order valence-corrected chi connectivity index (χ0v) is 20.0. The Morgan fingerprint density at radius 1 is 1.24 bits per heavy atom. The lowest BCUT2D eigenvalue weighted by atomic mass is 9.91. The summed E-state index contributed by atoms with van der Waals surface area (Å²) in [5, 5.41) is 18.4. The predicted octanol–water partition coefficient (Wildman–Crippen LogP) is 3.02. The van der Waals surface area contributed by atoms with Gasteiger partial charge in [-0.25, -0.2) is 0 Å². The lowest BCUT2D eigenvalue weighted by Gasteiger charge is -2.27. The topological polar surface area (TPSA) is 117 Å². The molecule has 0 aliphatic carbocycles. The quantitative estimate of drug-likeness (QED) is 0.284. The molecule has 1 aromatic rings. The first-order valence-corrected chi connectivity index (χ1v) is 12.8. The first kappa shape index (κ1) is 25.5. The molecule has 8 nitrogen and oxygen atoms in total. The summed E-state index contributed by atoms with van der Waals surface area (Å²) < 4.78 is 5.27. The molecule has 2 aliphatic heterocycles. The van der Waals surface area contributed by atoms with E-state index < -0.39 is 29.3 Å². The van der Waals surface area contributed by atoms with Crippen LogP contribution in [0.1, 0.15) is 51.9 Å². The van der Waals surface area contributed by atoms with Crippen molar-refractivity contribution in [2.24, 2.45) is 5.92 Å². The van der Waals surface area contributed by atoms with Gasteiger partial charge in [-0.3, -0.25) is 19.7 Å². The summed E-state index contributed by atoms with van der Waals surface area (Å²) >= 11 is 1.35. The number of esters is 1. The van der Waals surface area contributed by atoms with Crippen molar-refractivity contribution >= 4 is 35.3 Å². The maximum absolute atomic E-state index is 13.1. The third kappa shape index (κ3) is 7.72. The van der Waals surface area contributed by atoms with Gasteiger partial charge in [0.25, 0.3) is 0 Å². The summed E-state index contributed by atoms with van der Waals surface area (Å²) in [5.74, 6) is -0.986. The summed E-state index contributed by atoms with van der Waals surface area (Å²) in [5.41, 5.74) is 0.654. The van der Waals surface area contributed by atoms with Gasteiger partial charge in [0, 0.05) is 10.1 Å². The number of carbonyl (C=O) groups is 3. The Hall–Kier alpha value is -2.10. The van der Waals surface area contributed by atoms with Crippen LogP contribution in [0.25, 0.3) is 0 Å². The Bertz CT molecular complexity index is 815. The Balaban J connectivity index is 1.67. The first-order chi connectivity index (χ1) is 16.0. The fraction of sp³-hybridized carbons (Fsp3) is 0.625. The van der Waals surface area contributed by atoms with Gasteiger partial charge in [-0.15, -0.1) is 11.8 Å². The van der Waals surface area contributed by atoms with Gasteiger partial charge >= 0.3 is 11.9 Å². The van der Waals surface area contributed by atoms with E-state index in [0.717, 1.165) is 43.2 Å². The molecular weight excluding hydrogens is 442 g/mol. The normalized spacial score (nSPS) is 22.0. The minimum Gasteiger partial charge on any atom is -0.481 e. The molecule has 182 valence electrons. The van der Waals surface area contributed by atoms with E-state index in [9.17, 15) is 19.5 Å². The minimum atomic E-state index is -0.985. The van der Waals surface area contributed by atoms with Crippen molar-refractivity contribution in [3.63, 3.8) is 0 Å². The molecule has 4 N–H and O–H groups in total. The number of nitrogens with one attached hydrogen (secondary N) is 3. The van der Waals surface area contributed by atoms with Crippen LogP contribution in [0.4, 0.5) is 5.69 Å². The van der Waals surface area contributed by atoms with Crippen LogP contribution < -0.4 is 16.0 Å². The van der Waals surface area contributed by atoms with Crippen molar-refractivity contribution < 1.29 is 24.2 Å². The second-order valence-electron chi connectivity index (χ2n) is 8.67. The number of ether oxygens (including phenoxy) is 1. The average Bonchev–Trinajstić information content (AvgIpc) is 2.92. The lowest BCUT2D eigenvalue weighted by Crippen LogP contribution is -2.54. The molecule has 3 atom stereocenters. The number of benzene rings is 1. The molecule has 9 heteroatoms. The van der Waals surface area contributed by atoms with E-state index in [4.69, 9.17) is 4.74 Å². The third-order valence-electron chi connectivity index (χ3n) is 6.22. The van der Waals surface area contributed by atoms with Crippen LogP contribution in [0.15, 0.2) is 29.2 Å². The number of para-hydroxylation sites is 1. The molecule has 0 spiro atoms. The van der Waals surface area contributed by atoms with Gasteiger partial charge < -0.3 is 20.5 Å². The number of fused-ring (bicyclic) bond motifs is 1. The van der Waals surface area contributed by atoms with E-state index in [0.29, 0.717) is 12.1 Å². The van der Waals surface area contributed by atoms with E-state index >= 15 is 0 Å². The summed E-state index contributed by atoms with van der Waals surface area (Å²) in [6.45, 7) is 4.14. The lowest BCUT2D eigenvalue weighted by molar-refractivity contribution is -0.146. The van der Waals surface area contributed by atoms with Crippen LogP contribution in [0.3, 0.4) is 0 Å². The standard InChI is InChI=1S/C24H35N3O5S/c1-2-32-24(31)18(9-4-3-7-16-11-13-25-14-12-16)26-22-20(15-21(28)29)33-19-10-6-5-8-17(19)27-23(22)30/h5-6,8,10,16,18,20,22,25-26H,2-4,7,9,11-15H2,1H3,(H,27,30)(H,28,29)/t18-,20?,22-/m0/s1. The molecule has 1 fully saturated rings. The number of hydrogen-bond acceptors (Lipinski definition) is 7. The van der Waals surface area contributed by atoms with Crippen LogP contribution >= 0.6 is 11.8 Å². The SMILES string of the molecule is CCOC(=O)[C@H](CCCCC1CCNCC1)N[C@@H]1C(=O)Nc2ccccc2SC1CC(=O)O. The number of thioether (sulfide) groups is 1.